The summed E-state index contributed by atoms with van der Waals surface area (Å²) in [6.07, 6.45) is -0.823. The Morgan fingerprint density at radius 3 is 2.52 bits per heavy atom. The number of carbonyl (C=O) groups excluding carboxylic acids is 2. The van der Waals surface area contributed by atoms with Crippen LogP contribution < -0.4 is 5.32 Å². The number of alkyl carbamates (subject to hydrolysis) is 1. The van der Waals surface area contributed by atoms with E-state index in [4.69, 9.17) is 9.84 Å². The number of hydrogen-bond acceptors (Lipinski definition) is 6. The van der Waals surface area contributed by atoms with Crippen LogP contribution in [-0.4, -0.2) is 51.7 Å². The normalized spacial score (nSPS) is 12.4. The minimum absolute atomic E-state index is 0.142. The molecule has 0 aliphatic carbocycles. The van der Waals surface area contributed by atoms with Crippen LogP contribution in [-0.2, 0) is 20.8 Å². The molecule has 1 unspecified atom stereocenters. The Morgan fingerprint density at radius 1 is 1.43 bits per heavy atom. The van der Waals surface area contributed by atoms with Crippen LogP contribution in [0.4, 0.5) is 4.79 Å². The lowest BCUT2D eigenvalue weighted by Gasteiger charge is -2.22. The van der Waals surface area contributed by atoms with Crippen molar-refractivity contribution in [3.8, 4) is 0 Å². The van der Waals surface area contributed by atoms with Gasteiger partial charge in [-0.1, -0.05) is 0 Å². The Balaban J connectivity index is 2.94. The first-order valence-corrected chi connectivity index (χ1v) is 7.36. The molecule has 1 aromatic heterocycles. The minimum Gasteiger partial charge on any atom is -0.477 e. The van der Waals surface area contributed by atoms with Crippen molar-refractivity contribution in [2.75, 3.05) is 7.11 Å². The number of nitrogens with zero attached hydrogens (tertiary/aromatic N) is 2. The van der Waals surface area contributed by atoms with Gasteiger partial charge in [-0.05, 0) is 36.7 Å². The topological polar surface area (TPSA) is 120 Å². The summed E-state index contributed by atoms with van der Waals surface area (Å²) < 4.78 is 11.0. The van der Waals surface area contributed by atoms with Crippen LogP contribution in [0.15, 0.2) is 10.7 Å². The Kier molecular flexibility index (Phi) is 6.13. The van der Waals surface area contributed by atoms with Gasteiger partial charge >= 0.3 is 18.0 Å². The lowest BCUT2D eigenvalue weighted by molar-refractivity contribution is -0.143. The fraction of sp³-hybridized carbons (Fsp3) is 0.538. The number of carbonyl (C=O) groups is 3. The van der Waals surface area contributed by atoms with Gasteiger partial charge in [0.2, 0.25) is 0 Å². The first-order chi connectivity index (χ1) is 10.5. The molecule has 1 aromatic rings. The number of nitrogens with one attached hydrogen (secondary N) is 1. The standard InChI is InChI=1S/C13H18BrN3O6/c1-13(2,3)23-12(21)15-7(11(20)22-4)6-17-8(10(18)19)5-9(14)16-17/h5,7H,6H2,1-4H3,(H,15,21)(H,18,19). The van der Waals surface area contributed by atoms with Crippen molar-refractivity contribution in [1.29, 1.82) is 0 Å². The SMILES string of the molecule is COC(=O)C(Cn1nc(Br)cc1C(=O)O)NC(=O)OC(C)(C)C. The van der Waals surface area contributed by atoms with Gasteiger partial charge in [0.05, 0.1) is 13.7 Å². The monoisotopic (exact) mass is 391 g/mol. The third-order valence-corrected chi connectivity index (χ3v) is 2.89. The molecule has 2 N–H and O–H groups in total. The van der Waals surface area contributed by atoms with Crippen LogP contribution in [0, 0.1) is 0 Å². The summed E-state index contributed by atoms with van der Waals surface area (Å²) in [6.45, 7) is 4.80. The van der Waals surface area contributed by atoms with E-state index in [9.17, 15) is 14.4 Å². The molecule has 0 saturated heterocycles. The smallest absolute Gasteiger partial charge is 0.408 e. The zero-order chi connectivity index (χ0) is 17.8. The van der Waals surface area contributed by atoms with Crippen molar-refractivity contribution in [3.05, 3.63) is 16.4 Å². The average molecular weight is 392 g/mol. The highest BCUT2D eigenvalue weighted by Gasteiger charge is 2.27. The molecule has 10 heteroatoms. The number of ether oxygens (including phenoxy) is 2. The van der Waals surface area contributed by atoms with Crippen LogP contribution >= 0.6 is 15.9 Å². The number of methoxy groups -OCH3 is 1. The van der Waals surface area contributed by atoms with Crippen molar-refractivity contribution in [2.24, 2.45) is 0 Å². The van der Waals surface area contributed by atoms with E-state index in [1.54, 1.807) is 20.8 Å². The molecule has 1 heterocycles. The van der Waals surface area contributed by atoms with Crippen molar-refractivity contribution in [2.45, 2.75) is 39.0 Å². The zero-order valence-corrected chi connectivity index (χ0v) is 14.7. The maximum absolute atomic E-state index is 11.8. The van der Waals surface area contributed by atoms with Crippen LogP contribution in [0.2, 0.25) is 0 Å². The van der Waals surface area contributed by atoms with Gasteiger partial charge in [-0.3, -0.25) is 4.68 Å². The third-order valence-electron chi connectivity index (χ3n) is 2.50. The maximum atomic E-state index is 11.8. The number of halogens is 1. The number of hydrogen-bond donors (Lipinski definition) is 2. The van der Waals surface area contributed by atoms with E-state index in [1.165, 1.54) is 6.07 Å². The predicted octanol–water partition coefficient (Wildman–Crippen LogP) is 1.41. The molecule has 0 bridgehead atoms. The number of carboxylic acids is 1. The van der Waals surface area contributed by atoms with Crippen LogP contribution in [0.5, 0.6) is 0 Å². The third kappa shape index (κ3) is 5.89. The molecule has 128 valence electrons. The van der Waals surface area contributed by atoms with E-state index in [-0.39, 0.29) is 16.8 Å². The second kappa shape index (κ2) is 7.44. The van der Waals surface area contributed by atoms with Gasteiger partial charge in [-0.2, -0.15) is 5.10 Å². The van der Waals surface area contributed by atoms with E-state index < -0.39 is 29.7 Å². The van der Waals surface area contributed by atoms with Gasteiger partial charge in [-0.15, -0.1) is 0 Å². The summed E-state index contributed by atoms with van der Waals surface area (Å²) in [5.41, 5.74) is -0.886. The summed E-state index contributed by atoms with van der Waals surface area (Å²) >= 11 is 3.06. The highest BCUT2D eigenvalue weighted by atomic mass is 79.9. The van der Waals surface area contributed by atoms with Crippen LogP contribution in [0.1, 0.15) is 31.3 Å². The first kappa shape index (κ1) is 18.9. The van der Waals surface area contributed by atoms with Crippen molar-refractivity contribution in [3.63, 3.8) is 0 Å². The Morgan fingerprint density at radius 2 is 2.04 bits per heavy atom. The van der Waals surface area contributed by atoms with Crippen molar-refractivity contribution >= 4 is 34.0 Å². The second-order valence-corrected chi connectivity index (χ2v) is 6.37. The molecule has 0 aliphatic heterocycles. The quantitative estimate of drug-likeness (QED) is 0.727. The second-order valence-electron chi connectivity index (χ2n) is 5.56. The molecular weight excluding hydrogens is 374 g/mol. The van der Waals surface area contributed by atoms with Gasteiger partial charge in [-0.25, -0.2) is 14.4 Å². The number of esters is 1. The van der Waals surface area contributed by atoms with E-state index in [0.29, 0.717) is 0 Å². The van der Waals surface area contributed by atoms with Crippen molar-refractivity contribution < 1.29 is 29.0 Å². The summed E-state index contributed by atoms with van der Waals surface area (Å²) in [5.74, 6) is -1.97. The first-order valence-electron chi connectivity index (χ1n) is 6.57. The fourth-order valence-corrected chi connectivity index (χ4v) is 2.05. The van der Waals surface area contributed by atoms with Gasteiger partial charge in [0.1, 0.15) is 21.9 Å². The van der Waals surface area contributed by atoms with Gasteiger partial charge in [0.25, 0.3) is 0 Å². The lowest BCUT2D eigenvalue weighted by atomic mass is 10.2. The molecule has 0 spiro atoms. The molecule has 0 radical (unpaired) electrons. The number of amides is 1. The maximum Gasteiger partial charge on any atom is 0.408 e. The van der Waals surface area contributed by atoms with Crippen LogP contribution in [0.3, 0.4) is 0 Å². The molecule has 0 aliphatic rings. The largest absolute Gasteiger partial charge is 0.477 e. The number of aromatic carboxylic acids is 1. The Bertz CT molecular complexity index is 607. The summed E-state index contributed by atoms with van der Waals surface area (Å²) in [5, 5.41) is 15.4. The molecule has 0 aromatic carbocycles. The molecule has 23 heavy (non-hydrogen) atoms. The molecule has 0 fully saturated rings. The van der Waals surface area contributed by atoms with E-state index >= 15 is 0 Å². The molecule has 9 nitrogen and oxygen atoms in total. The average Bonchev–Trinajstić information content (AvgIpc) is 2.76. The van der Waals surface area contributed by atoms with Crippen molar-refractivity contribution in [1.82, 2.24) is 15.1 Å². The van der Waals surface area contributed by atoms with E-state index in [1.807, 2.05) is 0 Å². The highest BCUT2D eigenvalue weighted by Crippen LogP contribution is 2.12. The summed E-state index contributed by atoms with van der Waals surface area (Å²) in [6, 6.07) is 0.129. The molecular formula is C13H18BrN3O6. The molecule has 0 saturated carbocycles. The van der Waals surface area contributed by atoms with Gasteiger partial charge < -0.3 is 19.9 Å². The van der Waals surface area contributed by atoms with E-state index in [2.05, 4.69) is 31.1 Å². The molecule has 1 amide bonds. The van der Waals surface area contributed by atoms with Gasteiger partial charge in [0, 0.05) is 6.07 Å². The predicted molar refractivity (Wildman–Crippen MR) is 82.1 cm³/mol. The Labute approximate surface area is 141 Å². The minimum atomic E-state index is -1.22. The summed E-state index contributed by atoms with van der Waals surface area (Å²) in [7, 11) is 1.16. The number of rotatable bonds is 5. The summed E-state index contributed by atoms with van der Waals surface area (Å²) in [4.78, 5) is 34.8. The Hall–Kier alpha value is -2.10. The number of carboxylic acid groups (broad SMARTS) is 1. The molecule has 1 atom stereocenters. The molecule has 1 rings (SSSR count). The van der Waals surface area contributed by atoms with Crippen LogP contribution in [0.25, 0.3) is 0 Å². The fourth-order valence-electron chi connectivity index (χ4n) is 1.64. The van der Waals surface area contributed by atoms with E-state index in [0.717, 1.165) is 11.8 Å². The number of aromatic nitrogens is 2. The lowest BCUT2D eigenvalue weighted by Crippen LogP contribution is -2.46. The van der Waals surface area contributed by atoms with Gasteiger partial charge in [0.15, 0.2) is 0 Å². The zero-order valence-electron chi connectivity index (χ0n) is 13.1. The highest BCUT2D eigenvalue weighted by molar-refractivity contribution is 9.10.